The monoisotopic (exact) mass is 603 g/mol. The lowest BCUT2D eigenvalue weighted by Gasteiger charge is -2.35. The van der Waals surface area contributed by atoms with E-state index in [0.29, 0.717) is 21.3 Å². The first-order chi connectivity index (χ1) is 18.6. The molecule has 0 aromatic heterocycles. The highest BCUT2D eigenvalue weighted by atomic mass is 35.5. The van der Waals surface area contributed by atoms with Gasteiger partial charge in [0.25, 0.3) is 0 Å². The predicted octanol–water partition coefficient (Wildman–Crippen LogP) is 5.62. The number of carbonyl (C=O) groups excluding carboxylic acids is 2. The van der Waals surface area contributed by atoms with Crippen LogP contribution in [-0.2, 0) is 32.6 Å². The average Bonchev–Trinajstić information content (AvgIpc) is 2.85. The summed E-state index contributed by atoms with van der Waals surface area (Å²) < 4.78 is 26.7. The Balaban J connectivity index is 2.09. The summed E-state index contributed by atoms with van der Waals surface area (Å²) in [6.07, 6.45) is 1.26. The lowest BCUT2D eigenvalue weighted by atomic mass is 10.0. The number of halogens is 2. The van der Waals surface area contributed by atoms with Gasteiger partial charge < -0.3 is 10.2 Å². The minimum atomic E-state index is -3.84. The van der Waals surface area contributed by atoms with Gasteiger partial charge in [0.1, 0.15) is 12.6 Å². The van der Waals surface area contributed by atoms with Crippen LogP contribution in [0.3, 0.4) is 0 Å². The van der Waals surface area contributed by atoms with Crippen molar-refractivity contribution in [3.63, 3.8) is 0 Å². The Hall–Kier alpha value is -3.07. The molecule has 0 aliphatic carbocycles. The zero-order chi connectivity index (χ0) is 29.7. The number of carbonyl (C=O) groups is 2. The van der Waals surface area contributed by atoms with Crippen molar-refractivity contribution in [2.24, 2.45) is 0 Å². The van der Waals surface area contributed by atoms with Gasteiger partial charge in [0.05, 0.1) is 11.9 Å². The van der Waals surface area contributed by atoms with E-state index in [2.05, 4.69) is 5.32 Å². The molecule has 214 valence electrons. The van der Waals surface area contributed by atoms with Gasteiger partial charge in [-0.2, -0.15) is 0 Å². The largest absolute Gasteiger partial charge is 0.350 e. The van der Waals surface area contributed by atoms with Crippen molar-refractivity contribution in [3.8, 4) is 0 Å². The molecule has 0 saturated carbocycles. The average molecular weight is 605 g/mol. The van der Waals surface area contributed by atoms with Crippen LogP contribution in [0.4, 0.5) is 5.69 Å². The summed E-state index contributed by atoms with van der Waals surface area (Å²) in [7, 11) is -3.84. The van der Waals surface area contributed by atoms with Crippen molar-refractivity contribution < 1.29 is 18.0 Å². The van der Waals surface area contributed by atoms with Crippen LogP contribution >= 0.6 is 23.2 Å². The molecule has 0 saturated heterocycles. The summed E-state index contributed by atoms with van der Waals surface area (Å²) in [5.74, 6) is -0.918. The van der Waals surface area contributed by atoms with Gasteiger partial charge in [-0.25, -0.2) is 8.42 Å². The highest BCUT2D eigenvalue weighted by Crippen LogP contribution is 2.25. The maximum absolute atomic E-state index is 14.1. The summed E-state index contributed by atoms with van der Waals surface area (Å²) in [6, 6.07) is 20.2. The van der Waals surface area contributed by atoms with Crippen LogP contribution in [0.1, 0.15) is 37.5 Å². The Morgan fingerprint density at radius 2 is 1.57 bits per heavy atom. The van der Waals surface area contributed by atoms with Crippen LogP contribution in [0.2, 0.25) is 10.0 Å². The summed E-state index contributed by atoms with van der Waals surface area (Å²) in [4.78, 5) is 29.2. The Bertz CT molecular complexity index is 1440. The molecule has 0 unspecified atom stereocenters. The molecule has 0 spiro atoms. The number of hydrogen-bond acceptors (Lipinski definition) is 4. The number of benzene rings is 3. The summed E-state index contributed by atoms with van der Waals surface area (Å²) in [5, 5.41) is 3.75. The summed E-state index contributed by atoms with van der Waals surface area (Å²) in [6.45, 7) is 6.93. The first kappa shape index (κ1) is 31.5. The van der Waals surface area contributed by atoms with Crippen LogP contribution in [0.25, 0.3) is 0 Å². The van der Waals surface area contributed by atoms with E-state index < -0.39 is 34.1 Å². The molecule has 10 heteroatoms. The van der Waals surface area contributed by atoms with Gasteiger partial charge in [0.15, 0.2) is 0 Å². The van der Waals surface area contributed by atoms with Crippen molar-refractivity contribution in [2.45, 2.75) is 52.2 Å². The number of nitrogens with one attached hydrogen (secondary N) is 1. The molecule has 0 aliphatic heterocycles. The Morgan fingerprint density at radius 1 is 0.950 bits per heavy atom. The van der Waals surface area contributed by atoms with Gasteiger partial charge in [-0.05, 0) is 63.1 Å². The van der Waals surface area contributed by atoms with Gasteiger partial charge in [-0.3, -0.25) is 13.9 Å². The van der Waals surface area contributed by atoms with E-state index in [0.717, 1.165) is 21.7 Å². The van der Waals surface area contributed by atoms with Crippen molar-refractivity contribution in [3.05, 3.63) is 99.5 Å². The Kier molecular flexibility index (Phi) is 10.3. The molecule has 40 heavy (non-hydrogen) atoms. The smallest absolute Gasteiger partial charge is 0.244 e. The van der Waals surface area contributed by atoms with E-state index in [1.54, 1.807) is 42.5 Å². The number of amides is 2. The molecule has 2 amide bonds. The van der Waals surface area contributed by atoms with Gasteiger partial charge in [0.2, 0.25) is 21.8 Å². The molecule has 1 N–H and O–H groups in total. The zero-order valence-electron chi connectivity index (χ0n) is 23.3. The lowest BCUT2D eigenvalue weighted by molar-refractivity contribution is -0.140. The lowest BCUT2D eigenvalue weighted by Crippen LogP contribution is -2.56. The number of nitrogens with zero attached hydrogens (tertiary/aromatic N) is 2. The molecule has 0 heterocycles. The van der Waals surface area contributed by atoms with E-state index in [1.165, 1.54) is 4.90 Å². The van der Waals surface area contributed by atoms with Crippen LogP contribution < -0.4 is 9.62 Å². The van der Waals surface area contributed by atoms with Crippen molar-refractivity contribution in [2.75, 3.05) is 17.1 Å². The quantitative estimate of drug-likeness (QED) is 0.326. The van der Waals surface area contributed by atoms with Crippen molar-refractivity contribution >= 4 is 50.7 Å². The van der Waals surface area contributed by atoms with Gasteiger partial charge in [-0.1, -0.05) is 77.3 Å². The number of aryl methyl sites for hydroxylation is 1. The maximum atomic E-state index is 14.1. The Morgan fingerprint density at radius 3 is 2.12 bits per heavy atom. The van der Waals surface area contributed by atoms with Crippen LogP contribution in [0, 0.1) is 6.92 Å². The molecule has 0 fully saturated rings. The van der Waals surface area contributed by atoms with Crippen LogP contribution in [-0.4, -0.2) is 49.5 Å². The minimum Gasteiger partial charge on any atom is -0.350 e. The van der Waals surface area contributed by atoms with Crippen LogP contribution in [0.15, 0.2) is 72.8 Å². The number of sulfonamides is 1. The number of hydrogen-bond donors (Lipinski definition) is 1. The van der Waals surface area contributed by atoms with Crippen LogP contribution in [0.5, 0.6) is 0 Å². The predicted molar refractivity (Wildman–Crippen MR) is 162 cm³/mol. The molecule has 3 aromatic carbocycles. The second-order valence-corrected chi connectivity index (χ2v) is 13.6. The SMILES string of the molecule is Cc1ccc(N(CC(=O)N(Cc2ccc(Cl)cc2Cl)[C@@H](Cc2ccccc2)C(=O)NC(C)(C)C)S(C)(=O)=O)cc1. The Labute approximate surface area is 247 Å². The van der Waals surface area contributed by atoms with Gasteiger partial charge in [0, 0.05) is 28.5 Å². The van der Waals surface area contributed by atoms with Gasteiger partial charge in [-0.15, -0.1) is 0 Å². The standard InChI is InChI=1S/C30H35Cl2N3O4S/c1-21-11-15-25(16-12-21)35(40(5,38)39)20-28(36)34(19-23-13-14-24(31)18-26(23)32)27(29(37)33-30(2,3)4)17-22-9-7-6-8-10-22/h6-16,18,27H,17,19-20H2,1-5H3,(H,33,37)/t27-/m0/s1. The molecule has 3 rings (SSSR count). The van der Waals surface area contributed by atoms with E-state index >= 15 is 0 Å². The number of anilines is 1. The fourth-order valence-electron chi connectivity index (χ4n) is 4.17. The second-order valence-electron chi connectivity index (χ2n) is 10.8. The van der Waals surface area contributed by atoms with E-state index in [1.807, 2.05) is 58.0 Å². The van der Waals surface area contributed by atoms with E-state index in [9.17, 15) is 18.0 Å². The highest BCUT2D eigenvalue weighted by molar-refractivity contribution is 7.92. The topological polar surface area (TPSA) is 86.8 Å². The molecular weight excluding hydrogens is 569 g/mol. The summed E-state index contributed by atoms with van der Waals surface area (Å²) >= 11 is 12.6. The molecule has 0 radical (unpaired) electrons. The third-order valence-electron chi connectivity index (χ3n) is 6.13. The third kappa shape index (κ3) is 8.98. The van der Waals surface area contributed by atoms with E-state index in [4.69, 9.17) is 23.2 Å². The van der Waals surface area contributed by atoms with Crippen molar-refractivity contribution in [1.29, 1.82) is 0 Å². The fraction of sp³-hybridized carbons (Fsp3) is 0.333. The fourth-order valence-corrected chi connectivity index (χ4v) is 5.48. The minimum absolute atomic E-state index is 0.0323. The maximum Gasteiger partial charge on any atom is 0.244 e. The first-order valence-corrected chi connectivity index (χ1v) is 15.4. The molecular formula is C30H35Cl2N3O4S. The van der Waals surface area contributed by atoms with E-state index in [-0.39, 0.29) is 18.9 Å². The molecule has 0 bridgehead atoms. The zero-order valence-corrected chi connectivity index (χ0v) is 25.6. The normalized spacial score (nSPS) is 12.5. The first-order valence-electron chi connectivity index (χ1n) is 12.8. The third-order valence-corrected chi connectivity index (χ3v) is 7.85. The van der Waals surface area contributed by atoms with Crippen molar-refractivity contribution in [1.82, 2.24) is 10.2 Å². The van der Waals surface area contributed by atoms with Gasteiger partial charge >= 0.3 is 0 Å². The number of rotatable bonds is 10. The molecule has 0 aliphatic rings. The molecule has 7 nitrogen and oxygen atoms in total. The molecule has 3 aromatic rings. The highest BCUT2D eigenvalue weighted by Gasteiger charge is 2.34. The summed E-state index contributed by atoms with van der Waals surface area (Å²) in [5.41, 5.74) is 2.14. The second kappa shape index (κ2) is 13.1. The molecule has 1 atom stereocenters.